The maximum Gasteiger partial charge on any atom is 0.239 e. The maximum absolute atomic E-state index is 11.8. The largest absolute Gasteiger partial charge is 0.397 e. The molecule has 0 bridgehead atoms. The van der Waals surface area contributed by atoms with Crippen LogP contribution in [0.3, 0.4) is 0 Å². The summed E-state index contributed by atoms with van der Waals surface area (Å²) in [5.41, 5.74) is 8.12. The molecule has 20 heavy (non-hydrogen) atoms. The zero-order valence-electron chi connectivity index (χ0n) is 11.9. The molecule has 0 saturated carbocycles. The molecule has 0 radical (unpaired) electrons. The van der Waals surface area contributed by atoms with E-state index in [2.05, 4.69) is 29.5 Å². The number of carbonyl (C=O) groups excluding carboxylic acids is 1. The lowest BCUT2D eigenvalue weighted by molar-refractivity contribution is -0.119. The second kappa shape index (κ2) is 5.77. The van der Waals surface area contributed by atoms with Crippen molar-refractivity contribution >= 4 is 28.3 Å². The second-order valence-electron chi connectivity index (χ2n) is 5.19. The van der Waals surface area contributed by atoms with Crippen LogP contribution >= 0.6 is 0 Å². The highest BCUT2D eigenvalue weighted by Gasteiger charge is 2.15. The molecule has 2 rings (SSSR count). The third kappa shape index (κ3) is 2.98. The SMILES string of the molecule is CC(C)CNC(=O)CN(C)c1ccc(N)c2nonc12. The van der Waals surface area contributed by atoms with Gasteiger partial charge < -0.3 is 16.0 Å². The summed E-state index contributed by atoms with van der Waals surface area (Å²) in [6.45, 7) is 5.00. The van der Waals surface area contributed by atoms with Crippen molar-refractivity contribution in [2.75, 3.05) is 30.8 Å². The normalized spacial score (nSPS) is 11.0. The van der Waals surface area contributed by atoms with Gasteiger partial charge in [-0.2, -0.15) is 0 Å². The fraction of sp³-hybridized carbons (Fsp3) is 0.462. The van der Waals surface area contributed by atoms with Crippen molar-refractivity contribution in [2.45, 2.75) is 13.8 Å². The molecule has 1 amide bonds. The predicted octanol–water partition coefficient (Wildman–Crippen LogP) is 1.01. The van der Waals surface area contributed by atoms with Crippen LogP contribution in [0.2, 0.25) is 0 Å². The zero-order chi connectivity index (χ0) is 14.7. The number of nitrogen functional groups attached to an aromatic ring is 1. The average Bonchev–Trinajstić information content (AvgIpc) is 2.86. The minimum atomic E-state index is -0.0392. The van der Waals surface area contributed by atoms with Crippen molar-refractivity contribution in [3.8, 4) is 0 Å². The smallest absolute Gasteiger partial charge is 0.239 e. The summed E-state index contributed by atoms with van der Waals surface area (Å²) in [5, 5.41) is 10.5. The lowest BCUT2D eigenvalue weighted by Crippen LogP contribution is -2.36. The van der Waals surface area contributed by atoms with Crippen molar-refractivity contribution in [3.63, 3.8) is 0 Å². The van der Waals surface area contributed by atoms with E-state index in [1.165, 1.54) is 0 Å². The minimum Gasteiger partial charge on any atom is -0.397 e. The van der Waals surface area contributed by atoms with Gasteiger partial charge in [0.2, 0.25) is 5.91 Å². The van der Waals surface area contributed by atoms with Gasteiger partial charge in [0.1, 0.15) is 0 Å². The summed E-state index contributed by atoms with van der Waals surface area (Å²) in [7, 11) is 1.81. The van der Waals surface area contributed by atoms with Crippen LogP contribution in [-0.2, 0) is 4.79 Å². The third-order valence-electron chi connectivity index (χ3n) is 2.92. The van der Waals surface area contributed by atoms with E-state index < -0.39 is 0 Å². The Morgan fingerprint density at radius 3 is 2.80 bits per heavy atom. The molecule has 7 nitrogen and oxygen atoms in total. The molecule has 0 aliphatic carbocycles. The molecule has 0 fully saturated rings. The molecule has 2 aromatic rings. The number of carbonyl (C=O) groups is 1. The number of nitrogens with zero attached hydrogens (tertiary/aromatic N) is 3. The molecule has 0 saturated heterocycles. The van der Waals surface area contributed by atoms with E-state index >= 15 is 0 Å². The highest BCUT2D eigenvalue weighted by Crippen LogP contribution is 2.27. The fourth-order valence-electron chi connectivity index (χ4n) is 1.86. The van der Waals surface area contributed by atoms with Crippen LogP contribution in [0.4, 0.5) is 11.4 Å². The van der Waals surface area contributed by atoms with E-state index in [4.69, 9.17) is 10.4 Å². The molecular weight excluding hydrogens is 258 g/mol. The van der Waals surface area contributed by atoms with Crippen LogP contribution < -0.4 is 16.0 Å². The average molecular weight is 277 g/mol. The second-order valence-corrected chi connectivity index (χ2v) is 5.19. The number of likely N-dealkylation sites (N-methyl/N-ethyl adjacent to an activating group) is 1. The third-order valence-corrected chi connectivity index (χ3v) is 2.92. The molecule has 108 valence electrons. The van der Waals surface area contributed by atoms with Crippen molar-refractivity contribution in [2.24, 2.45) is 5.92 Å². The van der Waals surface area contributed by atoms with E-state index in [9.17, 15) is 4.79 Å². The van der Waals surface area contributed by atoms with Crippen LogP contribution in [0.1, 0.15) is 13.8 Å². The number of hydrogen-bond acceptors (Lipinski definition) is 6. The highest BCUT2D eigenvalue weighted by molar-refractivity contribution is 5.96. The van der Waals surface area contributed by atoms with Crippen LogP contribution in [0.15, 0.2) is 16.8 Å². The van der Waals surface area contributed by atoms with Gasteiger partial charge in [-0.25, -0.2) is 4.63 Å². The first-order chi connectivity index (χ1) is 9.49. The van der Waals surface area contributed by atoms with Crippen molar-refractivity contribution in [1.82, 2.24) is 15.6 Å². The number of rotatable bonds is 5. The van der Waals surface area contributed by atoms with Gasteiger partial charge in [0, 0.05) is 13.6 Å². The standard InChI is InChI=1S/C13H19N5O2/c1-8(2)6-15-11(19)7-18(3)10-5-4-9(14)12-13(10)17-20-16-12/h4-5,8H,6-7,14H2,1-3H3,(H,15,19). The Morgan fingerprint density at radius 1 is 1.40 bits per heavy atom. The number of fused-ring (bicyclic) bond motifs is 1. The number of amides is 1. The van der Waals surface area contributed by atoms with E-state index in [0.29, 0.717) is 29.2 Å². The Labute approximate surface area is 117 Å². The first kappa shape index (κ1) is 14.1. The van der Waals surface area contributed by atoms with Gasteiger partial charge in [-0.05, 0) is 28.4 Å². The number of anilines is 2. The van der Waals surface area contributed by atoms with Crippen LogP contribution in [0.25, 0.3) is 11.0 Å². The lowest BCUT2D eigenvalue weighted by atomic mass is 10.2. The molecule has 1 aromatic carbocycles. The van der Waals surface area contributed by atoms with Crippen LogP contribution in [-0.4, -0.2) is 36.4 Å². The van der Waals surface area contributed by atoms with Gasteiger partial charge >= 0.3 is 0 Å². The Hall–Kier alpha value is -2.31. The highest BCUT2D eigenvalue weighted by atomic mass is 16.6. The summed E-state index contributed by atoms with van der Waals surface area (Å²) in [4.78, 5) is 13.6. The number of aromatic nitrogens is 2. The van der Waals surface area contributed by atoms with Gasteiger partial charge in [-0.3, -0.25) is 4.79 Å². The number of nitrogens with one attached hydrogen (secondary N) is 1. The van der Waals surface area contributed by atoms with E-state index in [-0.39, 0.29) is 12.5 Å². The van der Waals surface area contributed by atoms with Crippen molar-refractivity contribution < 1.29 is 9.42 Å². The minimum absolute atomic E-state index is 0.0392. The molecular formula is C13H19N5O2. The Bertz CT molecular complexity index is 608. The fourth-order valence-corrected chi connectivity index (χ4v) is 1.86. The van der Waals surface area contributed by atoms with Crippen LogP contribution in [0.5, 0.6) is 0 Å². The van der Waals surface area contributed by atoms with Crippen molar-refractivity contribution in [1.29, 1.82) is 0 Å². The topological polar surface area (TPSA) is 97.3 Å². The van der Waals surface area contributed by atoms with Gasteiger partial charge in [-0.1, -0.05) is 13.8 Å². The molecule has 7 heteroatoms. The first-order valence-corrected chi connectivity index (χ1v) is 6.47. The van der Waals surface area contributed by atoms with Gasteiger partial charge in [0.05, 0.1) is 17.9 Å². The monoisotopic (exact) mass is 277 g/mol. The molecule has 3 N–H and O–H groups in total. The number of hydrogen-bond donors (Lipinski definition) is 2. The quantitative estimate of drug-likeness (QED) is 0.792. The Kier molecular flexibility index (Phi) is 4.07. The Balaban J connectivity index is 2.11. The molecule has 1 aromatic heterocycles. The molecule has 0 aliphatic rings. The summed E-state index contributed by atoms with van der Waals surface area (Å²) >= 11 is 0. The van der Waals surface area contributed by atoms with Crippen LogP contribution in [0, 0.1) is 5.92 Å². The molecule has 0 aliphatic heterocycles. The zero-order valence-corrected chi connectivity index (χ0v) is 11.9. The lowest BCUT2D eigenvalue weighted by Gasteiger charge is -2.19. The summed E-state index contributed by atoms with van der Waals surface area (Å²) in [6, 6.07) is 3.53. The summed E-state index contributed by atoms with van der Waals surface area (Å²) in [6.07, 6.45) is 0. The summed E-state index contributed by atoms with van der Waals surface area (Å²) < 4.78 is 4.71. The van der Waals surface area contributed by atoms with Gasteiger partial charge in [0.25, 0.3) is 0 Å². The van der Waals surface area contributed by atoms with Crippen molar-refractivity contribution in [3.05, 3.63) is 12.1 Å². The van der Waals surface area contributed by atoms with Gasteiger partial charge in [-0.15, -0.1) is 0 Å². The molecule has 0 unspecified atom stereocenters. The number of nitrogens with two attached hydrogens (primary N) is 1. The Morgan fingerprint density at radius 2 is 2.10 bits per heavy atom. The van der Waals surface area contributed by atoms with E-state index in [1.807, 2.05) is 7.05 Å². The molecule has 0 atom stereocenters. The molecule has 1 heterocycles. The number of benzene rings is 1. The van der Waals surface area contributed by atoms with Gasteiger partial charge in [0.15, 0.2) is 11.0 Å². The predicted molar refractivity (Wildman–Crippen MR) is 77.3 cm³/mol. The van der Waals surface area contributed by atoms with E-state index in [1.54, 1.807) is 17.0 Å². The first-order valence-electron chi connectivity index (χ1n) is 6.47. The van der Waals surface area contributed by atoms with E-state index in [0.717, 1.165) is 5.69 Å². The summed E-state index contributed by atoms with van der Waals surface area (Å²) in [5.74, 6) is 0.384. The molecule has 0 spiro atoms. The maximum atomic E-state index is 11.8.